The molecule has 0 unspecified atom stereocenters. The number of ketones is 1. The summed E-state index contributed by atoms with van der Waals surface area (Å²) in [7, 11) is 0. The van der Waals surface area contributed by atoms with Gasteiger partial charge in [0, 0.05) is 11.6 Å². The van der Waals surface area contributed by atoms with Crippen molar-refractivity contribution in [1.29, 1.82) is 0 Å². The number of ether oxygens (including phenoxy) is 1. The largest absolute Gasteiger partial charge is 0.494 e. The number of benzene rings is 1. The van der Waals surface area contributed by atoms with E-state index in [1.54, 1.807) is 0 Å². The molecule has 0 atom stereocenters. The Bertz CT molecular complexity index is 368. The average molecular weight is 233 g/mol. The van der Waals surface area contributed by atoms with E-state index in [1.165, 1.54) is 12.8 Å². The lowest BCUT2D eigenvalue weighted by Crippen LogP contribution is -2.24. The lowest BCUT2D eigenvalue weighted by molar-refractivity contribution is 0.0990. The van der Waals surface area contributed by atoms with Crippen molar-refractivity contribution in [2.75, 3.05) is 13.2 Å². The average Bonchev–Trinajstić information content (AvgIpc) is 3.18. The zero-order valence-corrected chi connectivity index (χ0v) is 10.2. The molecule has 0 saturated heterocycles. The topological polar surface area (TPSA) is 38.3 Å². The fourth-order valence-electron chi connectivity index (χ4n) is 1.58. The summed E-state index contributed by atoms with van der Waals surface area (Å²) in [6.07, 6.45) is 3.40. The van der Waals surface area contributed by atoms with E-state index >= 15 is 0 Å². The third kappa shape index (κ3) is 3.86. The molecule has 0 heterocycles. The van der Waals surface area contributed by atoms with E-state index in [-0.39, 0.29) is 5.78 Å². The van der Waals surface area contributed by atoms with E-state index in [4.69, 9.17) is 4.74 Å². The number of carbonyl (C=O) groups is 1. The van der Waals surface area contributed by atoms with Gasteiger partial charge < -0.3 is 10.1 Å². The molecule has 2 rings (SSSR count). The molecule has 0 radical (unpaired) electrons. The minimum absolute atomic E-state index is 0.152. The molecule has 92 valence electrons. The van der Waals surface area contributed by atoms with E-state index in [0.717, 1.165) is 24.3 Å². The maximum Gasteiger partial charge on any atom is 0.176 e. The van der Waals surface area contributed by atoms with Gasteiger partial charge in [-0.2, -0.15) is 0 Å². The van der Waals surface area contributed by atoms with Crippen molar-refractivity contribution >= 4 is 5.78 Å². The van der Waals surface area contributed by atoms with Gasteiger partial charge in [-0.25, -0.2) is 0 Å². The summed E-state index contributed by atoms with van der Waals surface area (Å²) in [5.41, 5.74) is 0.752. The van der Waals surface area contributed by atoms with Gasteiger partial charge in [-0.1, -0.05) is 6.92 Å². The van der Waals surface area contributed by atoms with Crippen molar-refractivity contribution in [1.82, 2.24) is 5.32 Å². The second-order valence-electron chi connectivity index (χ2n) is 4.45. The Morgan fingerprint density at radius 1 is 1.35 bits per heavy atom. The Kier molecular flexibility index (Phi) is 4.15. The third-order valence-electron chi connectivity index (χ3n) is 2.78. The quantitative estimate of drug-likeness (QED) is 0.735. The standard InChI is InChI=1S/C14H19NO2/c1-2-9-17-13-7-3-11(4-8-13)14(16)10-15-12-5-6-12/h3-4,7-8,12,15H,2,5-6,9-10H2,1H3. The highest BCUT2D eigenvalue weighted by Gasteiger charge is 2.21. The van der Waals surface area contributed by atoms with Crippen LogP contribution in [0.25, 0.3) is 0 Å². The fraction of sp³-hybridized carbons (Fsp3) is 0.500. The number of hydrogen-bond donors (Lipinski definition) is 1. The predicted octanol–water partition coefficient (Wildman–Crippen LogP) is 2.41. The van der Waals surface area contributed by atoms with Crippen LogP contribution in [-0.4, -0.2) is 25.0 Å². The van der Waals surface area contributed by atoms with Crippen LogP contribution in [0.2, 0.25) is 0 Å². The summed E-state index contributed by atoms with van der Waals surface area (Å²) >= 11 is 0. The predicted molar refractivity (Wildman–Crippen MR) is 67.6 cm³/mol. The van der Waals surface area contributed by atoms with Crippen molar-refractivity contribution in [3.63, 3.8) is 0 Å². The lowest BCUT2D eigenvalue weighted by Gasteiger charge is -2.06. The van der Waals surface area contributed by atoms with Gasteiger partial charge in [0.1, 0.15) is 5.75 Å². The Morgan fingerprint density at radius 2 is 2.06 bits per heavy atom. The Labute approximate surface area is 102 Å². The van der Waals surface area contributed by atoms with Gasteiger partial charge in [0.05, 0.1) is 13.2 Å². The van der Waals surface area contributed by atoms with E-state index in [9.17, 15) is 4.79 Å². The van der Waals surface area contributed by atoms with Crippen molar-refractivity contribution in [2.24, 2.45) is 0 Å². The summed E-state index contributed by atoms with van der Waals surface area (Å²) in [5.74, 6) is 0.984. The molecule has 3 nitrogen and oxygen atoms in total. The fourth-order valence-corrected chi connectivity index (χ4v) is 1.58. The van der Waals surface area contributed by atoms with E-state index in [2.05, 4.69) is 12.2 Å². The van der Waals surface area contributed by atoms with E-state index in [1.807, 2.05) is 24.3 Å². The van der Waals surface area contributed by atoms with Gasteiger partial charge in [0.15, 0.2) is 5.78 Å². The molecule has 0 aromatic heterocycles. The SMILES string of the molecule is CCCOc1ccc(C(=O)CNC2CC2)cc1. The second kappa shape index (κ2) is 5.82. The molecule has 0 spiro atoms. The van der Waals surface area contributed by atoms with Crippen LogP contribution in [0.5, 0.6) is 5.75 Å². The molecule has 17 heavy (non-hydrogen) atoms. The monoisotopic (exact) mass is 233 g/mol. The zero-order chi connectivity index (χ0) is 12.1. The molecule has 0 amide bonds. The molecule has 1 saturated carbocycles. The van der Waals surface area contributed by atoms with Crippen molar-refractivity contribution in [2.45, 2.75) is 32.2 Å². The number of nitrogens with one attached hydrogen (secondary N) is 1. The van der Waals surface area contributed by atoms with Crippen molar-refractivity contribution < 1.29 is 9.53 Å². The highest BCUT2D eigenvalue weighted by molar-refractivity contribution is 5.97. The molecular weight excluding hydrogens is 214 g/mol. The highest BCUT2D eigenvalue weighted by atomic mass is 16.5. The lowest BCUT2D eigenvalue weighted by atomic mass is 10.1. The van der Waals surface area contributed by atoms with Gasteiger partial charge in [-0.15, -0.1) is 0 Å². The Balaban J connectivity index is 1.84. The summed E-state index contributed by atoms with van der Waals surface area (Å²) in [5, 5.41) is 3.22. The summed E-state index contributed by atoms with van der Waals surface area (Å²) in [6, 6.07) is 7.97. The summed E-state index contributed by atoms with van der Waals surface area (Å²) < 4.78 is 5.47. The van der Waals surface area contributed by atoms with Crippen LogP contribution in [-0.2, 0) is 0 Å². The van der Waals surface area contributed by atoms with Crippen molar-refractivity contribution in [3.05, 3.63) is 29.8 Å². The molecule has 1 aliphatic carbocycles. The molecule has 3 heteroatoms. The Hall–Kier alpha value is -1.35. The molecule has 1 aliphatic rings. The van der Waals surface area contributed by atoms with Crippen molar-refractivity contribution in [3.8, 4) is 5.75 Å². The summed E-state index contributed by atoms with van der Waals surface area (Å²) in [4.78, 5) is 11.8. The number of carbonyl (C=O) groups excluding carboxylic acids is 1. The van der Waals surface area contributed by atoms with Crippen LogP contribution in [0.15, 0.2) is 24.3 Å². The van der Waals surface area contributed by atoms with Gasteiger partial charge in [-0.05, 0) is 43.5 Å². The first kappa shape index (κ1) is 12.1. The first-order chi connectivity index (χ1) is 8.29. The van der Waals surface area contributed by atoms with Crippen LogP contribution in [0.4, 0.5) is 0 Å². The van der Waals surface area contributed by atoms with Crippen LogP contribution < -0.4 is 10.1 Å². The number of rotatable bonds is 7. The molecule has 1 N–H and O–H groups in total. The third-order valence-corrected chi connectivity index (χ3v) is 2.78. The highest BCUT2D eigenvalue weighted by Crippen LogP contribution is 2.18. The first-order valence-electron chi connectivity index (χ1n) is 6.29. The van der Waals surface area contributed by atoms with E-state index in [0.29, 0.717) is 12.6 Å². The molecule has 1 fully saturated rings. The molecule has 0 aliphatic heterocycles. The molecule has 1 aromatic rings. The zero-order valence-electron chi connectivity index (χ0n) is 10.2. The second-order valence-corrected chi connectivity index (χ2v) is 4.45. The summed E-state index contributed by atoms with van der Waals surface area (Å²) in [6.45, 7) is 3.23. The molecule has 0 bridgehead atoms. The maximum absolute atomic E-state index is 11.8. The van der Waals surface area contributed by atoms with Gasteiger partial charge in [0.25, 0.3) is 0 Å². The maximum atomic E-state index is 11.8. The first-order valence-corrected chi connectivity index (χ1v) is 6.29. The number of Topliss-reactive ketones (excluding diaryl/α,β-unsaturated/α-hetero) is 1. The van der Waals surface area contributed by atoms with Crippen LogP contribution >= 0.6 is 0 Å². The van der Waals surface area contributed by atoms with Crippen LogP contribution in [0, 0.1) is 0 Å². The smallest absolute Gasteiger partial charge is 0.176 e. The van der Waals surface area contributed by atoms with Crippen LogP contribution in [0.1, 0.15) is 36.5 Å². The molecular formula is C14H19NO2. The normalized spacial score (nSPS) is 14.6. The van der Waals surface area contributed by atoms with E-state index < -0.39 is 0 Å². The Morgan fingerprint density at radius 3 is 2.65 bits per heavy atom. The van der Waals surface area contributed by atoms with Gasteiger partial charge in [-0.3, -0.25) is 4.79 Å². The van der Waals surface area contributed by atoms with Crippen LogP contribution in [0.3, 0.4) is 0 Å². The van der Waals surface area contributed by atoms with Gasteiger partial charge >= 0.3 is 0 Å². The minimum atomic E-state index is 0.152. The minimum Gasteiger partial charge on any atom is -0.494 e. The molecule has 1 aromatic carbocycles. The van der Waals surface area contributed by atoms with Gasteiger partial charge in [0.2, 0.25) is 0 Å². The number of hydrogen-bond acceptors (Lipinski definition) is 3.